The Balaban J connectivity index is 2.34. The predicted molar refractivity (Wildman–Crippen MR) is 70.7 cm³/mol. The highest BCUT2D eigenvalue weighted by Crippen LogP contribution is 2.22. The molecule has 2 aromatic rings. The molecule has 4 nitrogen and oxygen atoms in total. The molecule has 0 aliphatic carbocycles. The van der Waals surface area contributed by atoms with E-state index in [4.69, 9.17) is 17.3 Å². The molecule has 0 aliphatic heterocycles. The molecule has 0 saturated heterocycles. The fraction of sp³-hybridized carbons (Fsp3) is 0.167. The van der Waals surface area contributed by atoms with Crippen LogP contribution in [-0.2, 0) is 0 Å². The minimum atomic E-state index is 0.172. The van der Waals surface area contributed by atoms with Gasteiger partial charge in [0.2, 0.25) is 5.28 Å². The van der Waals surface area contributed by atoms with Crippen LogP contribution >= 0.6 is 11.6 Å². The van der Waals surface area contributed by atoms with Crippen LogP contribution in [0, 0.1) is 13.8 Å². The highest BCUT2D eigenvalue weighted by atomic mass is 35.5. The maximum Gasteiger partial charge on any atom is 0.224 e. The van der Waals surface area contributed by atoms with E-state index in [9.17, 15) is 0 Å². The zero-order chi connectivity index (χ0) is 12.4. The minimum absolute atomic E-state index is 0.172. The minimum Gasteiger partial charge on any atom is -0.394 e. The number of hydrogen-bond donors (Lipinski definition) is 2. The van der Waals surface area contributed by atoms with Gasteiger partial charge in [0.1, 0.15) is 0 Å². The monoisotopic (exact) mass is 248 g/mol. The number of nitrogens with zero attached hydrogens (tertiary/aromatic N) is 2. The molecule has 1 heterocycles. The standard InChI is InChI=1S/C12H13ClN4/c1-7-3-8(2)5-9(4-7)16-11-10(14)6-15-12(13)17-11/h3-6H,14H2,1-2H3,(H,15,16,17). The molecule has 0 bridgehead atoms. The number of hydrogen-bond acceptors (Lipinski definition) is 4. The van der Waals surface area contributed by atoms with Crippen LogP contribution in [0.15, 0.2) is 24.4 Å². The van der Waals surface area contributed by atoms with Crippen molar-refractivity contribution in [3.63, 3.8) is 0 Å². The largest absolute Gasteiger partial charge is 0.394 e. The van der Waals surface area contributed by atoms with Crippen LogP contribution in [0.3, 0.4) is 0 Å². The fourth-order valence-electron chi connectivity index (χ4n) is 1.65. The first-order valence-electron chi connectivity index (χ1n) is 5.18. The first-order chi connectivity index (χ1) is 8.04. The second-order valence-corrected chi connectivity index (χ2v) is 4.28. The smallest absolute Gasteiger partial charge is 0.224 e. The molecule has 0 unspecified atom stereocenters. The molecule has 17 heavy (non-hydrogen) atoms. The molecule has 0 aliphatic rings. The Morgan fingerprint density at radius 1 is 1.18 bits per heavy atom. The van der Waals surface area contributed by atoms with Crippen molar-refractivity contribution in [2.24, 2.45) is 0 Å². The van der Waals surface area contributed by atoms with E-state index in [1.807, 2.05) is 26.0 Å². The van der Waals surface area contributed by atoms with Crippen LogP contribution in [0.4, 0.5) is 17.2 Å². The summed E-state index contributed by atoms with van der Waals surface area (Å²) in [5.41, 5.74) is 9.51. The van der Waals surface area contributed by atoms with Gasteiger partial charge in [0.25, 0.3) is 0 Å². The number of benzene rings is 1. The quantitative estimate of drug-likeness (QED) is 0.802. The number of nitrogens with one attached hydrogen (secondary N) is 1. The van der Waals surface area contributed by atoms with Crippen molar-refractivity contribution in [1.82, 2.24) is 9.97 Å². The van der Waals surface area contributed by atoms with Gasteiger partial charge in [0.05, 0.1) is 11.9 Å². The van der Waals surface area contributed by atoms with Crippen molar-refractivity contribution in [2.45, 2.75) is 13.8 Å². The predicted octanol–water partition coefficient (Wildman–Crippen LogP) is 3.07. The van der Waals surface area contributed by atoms with E-state index in [0.29, 0.717) is 11.5 Å². The van der Waals surface area contributed by atoms with Gasteiger partial charge < -0.3 is 11.1 Å². The van der Waals surface area contributed by atoms with Crippen LogP contribution in [-0.4, -0.2) is 9.97 Å². The van der Waals surface area contributed by atoms with Crippen molar-refractivity contribution >= 4 is 28.8 Å². The number of halogens is 1. The third-order valence-electron chi connectivity index (χ3n) is 2.27. The molecule has 88 valence electrons. The highest BCUT2D eigenvalue weighted by molar-refractivity contribution is 6.28. The Morgan fingerprint density at radius 3 is 2.47 bits per heavy atom. The lowest BCUT2D eigenvalue weighted by Crippen LogP contribution is -2.01. The van der Waals surface area contributed by atoms with Crippen LogP contribution < -0.4 is 11.1 Å². The molecule has 5 heteroatoms. The molecule has 0 radical (unpaired) electrons. The highest BCUT2D eigenvalue weighted by Gasteiger charge is 2.04. The number of anilines is 3. The number of aryl methyl sites for hydroxylation is 2. The Hall–Kier alpha value is -1.81. The zero-order valence-electron chi connectivity index (χ0n) is 9.66. The van der Waals surface area contributed by atoms with Crippen molar-refractivity contribution in [2.75, 3.05) is 11.1 Å². The Morgan fingerprint density at radius 2 is 1.82 bits per heavy atom. The van der Waals surface area contributed by atoms with E-state index >= 15 is 0 Å². The summed E-state index contributed by atoms with van der Waals surface area (Å²) >= 11 is 5.73. The number of nitrogens with two attached hydrogens (primary N) is 1. The van der Waals surface area contributed by atoms with E-state index in [-0.39, 0.29) is 5.28 Å². The first-order valence-corrected chi connectivity index (χ1v) is 5.56. The summed E-state index contributed by atoms with van der Waals surface area (Å²) in [7, 11) is 0. The molecule has 0 atom stereocenters. The van der Waals surface area contributed by atoms with E-state index < -0.39 is 0 Å². The van der Waals surface area contributed by atoms with Gasteiger partial charge in [-0.15, -0.1) is 0 Å². The van der Waals surface area contributed by atoms with E-state index in [2.05, 4.69) is 21.4 Å². The van der Waals surface area contributed by atoms with Crippen LogP contribution in [0.25, 0.3) is 0 Å². The molecule has 3 N–H and O–H groups in total. The van der Waals surface area contributed by atoms with E-state index in [0.717, 1.165) is 5.69 Å². The zero-order valence-corrected chi connectivity index (χ0v) is 10.4. The fourth-order valence-corrected chi connectivity index (χ4v) is 1.79. The van der Waals surface area contributed by atoms with E-state index in [1.165, 1.54) is 17.3 Å². The summed E-state index contributed by atoms with van der Waals surface area (Å²) in [6.07, 6.45) is 1.49. The summed E-state index contributed by atoms with van der Waals surface area (Å²) in [6, 6.07) is 6.13. The molecule has 0 saturated carbocycles. The SMILES string of the molecule is Cc1cc(C)cc(Nc2nc(Cl)ncc2N)c1. The number of rotatable bonds is 2. The maximum atomic E-state index is 5.77. The molecule has 0 amide bonds. The average molecular weight is 249 g/mol. The van der Waals surface area contributed by atoms with Gasteiger partial charge in [-0.3, -0.25) is 0 Å². The van der Waals surface area contributed by atoms with Gasteiger partial charge in [-0.2, -0.15) is 4.98 Å². The number of aromatic nitrogens is 2. The lowest BCUT2D eigenvalue weighted by molar-refractivity contribution is 1.17. The third-order valence-corrected chi connectivity index (χ3v) is 2.45. The molecular weight excluding hydrogens is 236 g/mol. The van der Waals surface area contributed by atoms with E-state index in [1.54, 1.807) is 0 Å². The summed E-state index contributed by atoms with van der Waals surface area (Å²) < 4.78 is 0. The third kappa shape index (κ3) is 2.85. The Labute approximate surface area is 105 Å². The normalized spacial score (nSPS) is 10.3. The van der Waals surface area contributed by atoms with Crippen molar-refractivity contribution < 1.29 is 0 Å². The molecular formula is C12H13ClN4. The Bertz CT molecular complexity index is 534. The van der Waals surface area contributed by atoms with Gasteiger partial charge in [0, 0.05) is 5.69 Å². The second kappa shape index (κ2) is 4.59. The Kier molecular flexibility index (Phi) is 3.15. The first kappa shape index (κ1) is 11.7. The summed E-state index contributed by atoms with van der Waals surface area (Å²) in [4.78, 5) is 7.85. The van der Waals surface area contributed by atoms with Gasteiger partial charge in [-0.1, -0.05) is 6.07 Å². The number of nitrogen functional groups attached to an aromatic ring is 1. The molecule has 1 aromatic carbocycles. The second-order valence-electron chi connectivity index (χ2n) is 3.94. The lowest BCUT2D eigenvalue weighted by atomic mass is 10.1. The van der Waals surface area contributed by atoms with Crippen molar-refractivity contribution in [3.8, 4) is 0 Å². The van der Waals surface area contributed by atoms with Gasteiger partial charge in [0.15, 0.2) is 5.82 Å². The molecule has 1 aromatic heterocycles. The molecule has 2 rings (SSSR count). The van der Waals surface area contributed by atoms with Crippen LogP contribution in [0.5, 0.6) is 0 Å². The molecule has 0 spiro atoms. The lowest BCUT2D eigenvalue weighted by Gasteiger charge is -2.09. The van der Waals surface area contributed by atoms with Crippen molar-refractivity contribution in [3.05, 3.63) is 40.8 Å². The van der Waals surface area contributed by atoms with Crippen LogP contribution in [0.1, 0.15) is 11.1 Å². The summed E-state index contributed by atoms with van der Waals surface area (Å²) in [5.74, 6) is 0.523. The van der Waals surface area contributed by atoms with Gasteiger partial charge >= 0.3 is 0 Å². The summed E-state index contributed by atoms with van der Waals surface area (Å²) in [5, 5.41) is 3.31. The van der Waals surface area contributed by atoms with Gasteiger partial charge in [-0.05, 0) is 48.7 Å². The topological polar surface area (TPSA) is 63.8 Å². The molecule has 0 fully saturated rings. The van der Waals surface area contributed by atoms with Crippen molar-refractivity contribution in [1.29, 1.82) is 0 Å². The van der Waals surface area contributed by atoms with Gasteiger partial charge in [-0.25, -0.2) is 4.98 Å². The summed E-state index contributed by atoms with van der Waals surface area (Å²) in [6.45, 7) is 4.07. The van der Waals surface area contributed by atoms with Crippen LogP contribution in [0.2, 0.25) is 5.28 Å². The average Bonchev–Trinajstić information content (AvgIpc) is 2.22. The maximum absolute atomic E-state index is 5.77.